The Balaban J connectivity index is 2.70. The van der Waals surface area contributed by atoms with Gasteiger partial charge >= 0.3 is 0 Å². The van der Waals surface area contributed by atoms with Crippen LogP contribution >= 0.6 is 0 Å². The number of nitrogens with two attached hydrogens (primary N) is 1. The Kier molecular flexibility index (Phi) is 5.04. The van der Waals surface area contributed by atoms with E-state index in [0.717, 1.165) is 0 Å². The fourth-order valence-corrected chi connectivity index (χ4v) is 1.67. The fraction of sp³-hybridized carbons (Fsp3) is 0.429. The van der Waals surface area contributed by atoms with Crippen molar-refractivity contribution in [3.05, 3.63) is 29.8 Å². The topological polar surface area (TPSA) is 72.2 Å². The highest BCUT2D eigenvalue weighted by Crippen LogP contribution is 2.12. The quantitative estimate of drug-likeness (QED) is 0.785. The van der Waals surface area contributed by atoms with Gasteiger partial charge in [0.1, 0.15) is 0 Å². The maximum atomic E-state index is 11.8. The normalized spacial score (nSPS) is 12.3. The maximum Gasteiger partial charge on any atom is 0.241 e. The van der Waals surface area contributed by atoms with E-state index in [-0.39, 0.29) is 11.7 Å². The molecule has 1 aromatic carbocycles. The smallest absolute Gasteiger partial charge is 0.241 e. The number of benzene rings is 1. The summed E-state index contributed by atoms with van der Waals surface area (Å²) in [6.07, 6.45) is 0.637. The second kappa shape index (κ2) is 6.31. The minimum Gasteiger partial charge on any atom is -0.325 e. The lowest BCUT2D eigenvalue weighted by Crippen LogP contribution is -2.36. The molecule has 0 aromatic heterocycles. The molecular weight excluding hydrogens is 228 g/mol. The molecule has 0 saturated carbocycles. The first-order valence-electron chi connectivity index (χ1n) is 6.07. The molecule has 0 heterocycles. The molecule has 0 aliphatic rings. The summed E-state index contributed by atoms with van der Waals surface area (Å²) in [6, 6.07) is 6.33. The Labute approximate surface area is 108 Å². The van der Waals surface area contributed by atoms with Crippen LogP contribution in [-0.4, -0.2) is 17.7 Å². The number of nitrogens with one attached hydrogen (secondary N) is 1. The van der Waals surface area contributed by atoms with E-state index in [4.69, 9.17) is 5.73 Å². The summed E-state index contributed by atoms with van der Waals surface area (Å²) in [6.45, 7) is 5.53. The molecule has 1 amide bonds. The summed E-state index contributed by atoms with van der Waals surface area (Å²) in [7, 11) is 0. The van der Waals surface area contributed by atoms with Crippen molar-refractivity contribution in [3.63, 3.8) is 0 Å². The van der Waals surface area contributed by atoms with E-state index in [1.165, 1.54) is 6.92 Å². The highest BCUT2D eigenvalue weighted by atomic mass is 16.2. The number of carbonyl (C=O) groups excluding carboxylic acids is 2. The zero-order chi connectivity index (χ0) is 13.7. The van der Waals surface area contributed by atoms with Crippen LogP contribution in [0.15, 0.2) is 24.3 Å². The van der Waals surface area contributed by atoms with Gasteiger partial charge < -0.3 is 11.1 Å². The molecule has 0 radical (unpaired) electrons. The Morgan fingerprint density at radius 2 is 2.00 bits per heavy atom. The van der Waals surface area contributed by atoms with E-state index < -0.39 is 6.04 Å². The van der Waals surface area contributed by atoms with Gasteiger partial charge in [0.25, 0.3) is 0 Å². The number of Topliss-reactive ketones (excluding diaryl/α,β-unsaturated/α-hetero) is 1. The summed E-state index contributed by atoms with van der Waals surface area (Å²) in [4.78, 5) is 23.0. The SMILES string of the molecule is CC(=O)c1cccc(NC(=O)[C@H](N)CC(C)C)c1. The largest absolute Gasteiger partial charge is 0.325 e. The molecule has 1 atom stereocenters. The van der Waals surface area contributed by atoms with Crippen LogP contribution in [-0.2, 0) is 4.79 Å². The summed E-state index contributed by atoms with van der Waals surface area (Å²) >= 11 is 0. The monoisotopic (exact) mass is 248 g/mol. The first-order chi connectivity index (χ1) is 8.40. The van der Waals surface area contributed by atoms with E-state index in [9.17, 15) is 9.59 Å². The molecule has 3 N–H and O–H groups in total. The summed E-state index contributed by atoms with van der Waals surface area (Å²) in [5, 5.41) is 2.73. The average molecular weight is 248 g/mol. The number of rotatable bonds is 5. The lowest BCUT2D eigenvalue weighted by Gasteiger charge is -2.14. The summed E-state index contributed by atoms with van der Waals surface area (Å²) in [5.41, 5.74) is 6.96. The van der Waals surface area contributed by atoms with Gasteiger partial charge in [0, 0.05) is 11.3 Å². The number of carbonyl (C=O) groups is 2. The Bertz CT molecular complexity index is 441. The number of hydrogen-bond acceptors (Lipinski definition) is 3. The molecular formula is C14H20N2O2. The third-order valence-corrected chi connectivity index (χ3v) is 2.60. The highest BCUT2D eigenvalue weighted by Gasteiger charge is 2.15. The lowest BCUT2D eigenvalue weighted by molar-refractivity contribution is -0.117. The number of amides is 1. The molecule has 18 heavy (non-hydrogen) atoms. The fourth-order valence-electron chi connectivity index (χ4n) is 1.67. The molecule has 4 heteroatoms. The molecule has 0 bridgehead atoms. The Morgan fingerprint density at radius 3 is 2.56 bits per heavy atom. The van der Waals surface area contributed by atoms with E-state index in [0.29, 0.717) is 23.6 Å². The lowest BCUT2D eigenvalue weighted by atomic mass is 10.0. The molecule has 0 fully saturated rings. The van der Waals surface area contributed by atoms with Crippen LogP contribution < -0.4 is 11.1 Å². The summed E-state index contributed by atoms with van der Waals surface area (Å²) in [5.74, 6) is 0.122. The molecule has 0 spiro atoms. The molecule has 98 valence electrons. The van der Waals surface area contributed by atoms with Crippen LogP contribution in [0.2, 0.25) is 0 Å². The Morgan fingerprint density at radius 1 is 1.33 bits per heavy atom. The third-order valence-electron chi connectivity index (χ3n) is 2.60. The zero-order valence-electron chi connectivity index (χ0n) is 11.1. The van der Waals surface area contributed by atoms with E-state index in [2.05, 4.69) is 5.32 Å². The van der Waals surface area contributed by atoms with Crippen molar-refractivity contribution in [2.45, 2.75) is 33.2 Å². The van der Waals surface area contributed by atoms with Gasteiger partial charge in [0.2, 0.25) is 5.91 Å². The van der Waals surface area contributed by atoms with Gasteiger partial charge in [-0.2, -0.15) is 0 Å². The second-order valence-corrected chi connectivity index (χ2v) is 4.86. The maximum absolute atomic E-state index is 11.8. The van der Waals surface area contributed by atoms with Crippen molar-refractivity contribution in [1.29, 1.82) is 0 Å². The second-order valence-electron chi connectivity index (χ2n) is 4.86. The molecule has 0 aliphatic carbocycles. The van der Waals surface area contributed by atoms with Gasteiger partial charge in [0.05, 0.1) is 6.04 Å². The first kappa shape index (κ1) is 14.4. The third kappa shape index (κ3) is 4.30. The van der Waals surface area contributed by atoms with Crippen molar-refractivity contribution >= 4 is 17.4 Å². The van der Waals surface area contributed by atoms with Crippen molar-refractivity contribution in [2.24, 2.45) is 11.7 Å². The van der Waals surface area contributed by atoms with Gasteiger partial charge in [-0.05, 0) is 31.4 Å². The molecule has 1 rings (SSSR count). The highest BCUT2D eigenvalue weighted by molar-refractivity contribution is 5.98. The van der Waals surface area contributed by atoms with Crippen LogP contribution in [0, 0.1) is 5.92 Å². The van der Waals surface area contributed by atoms with Gasteiger partial charge in [-0.25, -0.2) is 0 Å². The number of ketones is 1. The van der Waals surface area contributed by atoms with Gasteiger partial charge in [-0.15, -0.1) is 0 Å². The van der Waals surface area contributed by atoms with Crippen molar-refractivity contribution < 1.29 is 9.59 Å². The van der Waals surface area contributed by atoms with Crippen LogP contribution in [0.4, 0.5) is 5.69 Å². The van der Waals surface area contributed by atoms with Crippen LogP contribution in [0.3, 0.4) is 0 Å². The minimum atomic E-state index is -0.522. The van der Waals surface area contributed by atoms with Crippen LogP contribution in [0.25, 0.3) is 0 Å². The molecule has 4 nitrogen and oxygen atoms in total. The minimum absolute atomic E-state index is 0.0300. The summed E-state index contributed by atoms with van der Waals surface area (Å²) < 4.78 is 0. The predicted octanol–water partition coefficient (Wildman–Crippen LogP) is 2.20. The van der Waals surface area contributed by atoms with Crippen molar-refractivity contribution in [1.82, 2.24) is 0 Å². The van der Waals surface area contributed by atoms with Crippen LogP contribution in [0.5, 0.6) is 0 Å². The Hall–Kier alpha value is -1.68. The molecule has 0 unspecified atom stereocenters. The zero-order valence-corrected chi connectivity index (χ0v) is 11.1. The van der Waals surface area contributed by atoms with E-state index >= 15 is 0 Å². The van der Waals surface area contributed by atoms with Gasteiger partial charge in [0.15, 0.2) is 5.78 Å². The van der Waals surface area contributed by atoms with Crippen LogP contribution in [0.1, 0.15) is 37.6 Å². The number of anilines is 1. The van der Waals surface area contributed by atoms with E-state index in [1.807, 2.05) is 13.8 Å². The van der Waals surface area contributed by atoms with Gasteiger partial charge in [-0.1, -0.05) is 26.0 Å². The first-order valence-corrected chi connectivity index (χ1v) is 6.07. The average Bonchev–Trinajstić information content (AvgIpc) is 2.28. The number of hydrogen-bond donors (Lipinski definition) is 2. The predicted molar refractivity (Wildman–Crippen MR) is 72.5 cm³/mol. The molecule has 0 aliphatic heterocycles. The molecule has 0 saturated heterocycles. The van der Waals surface area contributed by atoms with Crippen molar-refractivity contribution in [3.8, 4) is 0 Å². The van der Waals surface area contributed by atoms with Crippen molar-refractivity contribution in [2.75, 3.05) is 5.32 Å². The van der Waals surface area contributed by atoms with E-state index in [1.54, 1.807) is 24.3 Å². The standard InChI is InChI=1S/C14H20N2O2/c1-9(2)7-13(15)14(18)16-12-6-4-5-11(8-12)10(3)17/h4-6,8-9,13H,7,15H2,1-3H3,(H,16,18)/t13-/m1/s1. The van der Waals surface area contributed by atoms with Gasteiger partial charge in [-0.3, -0.25) is 9.59 Å². The molecule has 1 aromatic rings.